The Kier molecular flexibility index (Phi) is 3.47. The van der Waals surface area contributed by atoms with Crippen molar-refractivity contribution in [3.05, 3.63) is 40.3 Å². The summed E-state index contributed by atoms with van der Waals surface area (Å²) < 4.78 is 0. The van der Waals surface area contributed by atoms with Crippen LogP contribution in [0.15, 0.2) is 29.1 Å². The first kappa shape index (κ1) is 13.8. The Bertz CT molecular complexity index is 732. The number of nitrogens with zero attached hydrogens (tertiary/aromatic N) is 1. The van der Waals surface area contributed by atoms with Crippen LogP contribution < -0.4 is 16.6 Å². The Morgan fingerprint density at radius 3 is 2.62 bits per heavy atom. The fraction of sp³-hybridized carbons (Fsp3) is 0.400. The normalized spacial score (nSPS) is 17.0. The number of rotatable bonds is 3. The Morgan fingerprint density at radius 2 is 1.95 bits per heavy atom. The van der Waals surface area contributed by atoms with Gasteiger partial charge in [0.2, 0.25) is 0 Å². The molecule has 1 aliphatic rings. The van der Waals surface area contributed by atoms with Crippen molar-refractivity contribution >= 4 is 16.7 Å². The molecule has 6 nitrogen and oxygen atoms in total. The van der Waals surface area contributed by atoms with E-state index in [4.69, 9.17) is 5.73 Å². The van der Waals surface area contributed by atoms with Crippen LogP contribution in [0.2, 0.25) is 0 Å². The zero-order valence-corrected chi connectivity index (χ0v) is 11.7. The highest BCUT2D eigenvalue weighted by molar-refractivity contribution is 6.05. The van der Waals surface area contributed by atoms with Gasteiger partial charge in [0, 0.05) is 11.9 Å². The second-order valence-electron chi connectivity index (χ2n) is 5.59. The molecule has 110 valence electrons. The summed E-state index contributed by atoms with van der Waals surface area (Å²) >= 11 is 0. The molecule has 0 radical (unpaired) electrons. The van der Waals surface area contributed by atoms with E-state index in [0.717, 1.165) is 25.7 Å². The summed E-state index contributed by atoms with van der Waals surface area (Å²) in [6, 6.07) is 6.96. The van der Waals surface area contributed by atoms with Crippen LogP contribution in [0.4, 0.5) is 0 Å². The zero-order valence-electron chi connectivity index (χ0n) is 11.7. The van der Waals surface area contributed by atoms with Gasteiger partial charge in [0.05, 0.1) is 10.9 Å². The lowest BCUT2D eigenvalue weighted by Gasteiger charge is -2.28. The highest BCUT2D eigenvalue weighted by atomic mass is 16.2. The average Bonchev–Trinajstić information content (AvgIpc) is 2.97. The van der Waals surface area contributed by atoms with E-state index in [1.807, 2.05) is 0 Å². The number of nitrogens with one attached hydrogen (secondary N) is 2. The van der Waals surface area contributed by atoms with Crippen LogP contribution in [0.1, 0.15) is 36.2 Å². The molecule has 1 fully saturated rings. The molecule has 21 heavy (non-hydrogen) atoms. The molecular formula is C15H18N4O2. The van der Waals surface area contributed by atoms with Crippen molar-refractivity contribution in [1.82, 2.24) is 15.5 Å². The lowest BCUT2D eigenvalue weighted by atomic mass is 9.97. The minimum absolute atomic E-state index is 0.241. The van der Waals surface area contributed by atoms with E-state index in [2.05, 4.69) is 15.5 Å². The Labute approximate surface area is 121 Å². The number of amides is 1. The van der Waals surface area contributed by atoms with Crippen molar-refractivity contribution in [2.75, 3.05) is 6.54 Å². The lowest BCUT2D eigenvalue weighted by molar-refractivity contribution is 0.0899. The molecule has 0 unspecified atom stereocenters. The molecule has 1 aromatic heterocycles. The number of nitrogens with two attached hydrogens (primary N) is 1. The highest BCUT2D eigenvalue weighted by Gasteiger charge is 2.34. The number of carbonyl (C=O) groups excluding carboxylic acids is 1. The number of carbonyl (C=O) groups is 1. The van der Waals surface area contributed by atoms with E-state index in [0.29, 0.717) is 17.3 Å². The fourth-order valence-corrected chi connectivity index (χ4v) is 3.02. The maximum Gasteiger partial charge on any atom is 0.272 e. The number of H-pyrrole nitrogens is 1. The molecule has 1 heterocycles. The summed E-state index contributed by atoms with van der Waals surface area (Å²) in [5.41, 5.74) is 5.45. The third kappa shape index (κ3) is 2.42. The number of hydrogen-bond acceptors (Lipinski definition) is 4. The standard InChI is InChI=1S/C15H18N4O2/c16-9-15(7-3-4-8-15)17-14(21)12-10-5-1-2-6-11(10)13(20)19-18-12/h1-2,5-6H,3-4,7-9,16H2,(H,17,21)(H,19,20). The molecular weight excluding hydrogens is 268 g/mol. The molecule has 0 aliphatic heterocycles. The molecule has 6 heteroatoms. The van der Waals surface area contributed by atoms with Crippen molar-refractivity contribution in [3.8, 4) is 0 Å². The van der Waals surface area contributed by atoms with E-state index in [9.17, 15) is 9.59 Å². The van der Waals surface area contributed by atoms with Crippen LogP contribution in [-0.2, 0) is 0 Å². The minimum atomic E-state index is -0.337. The minimum Gasteiger partial charge on any atom is -0.344 e. The predicted molar refractivity (Wildman–Crippen MR) is 80.1 cm³/mol. The van der Waals surface area contributed by atoms with Crippen LogP contribution in [0.25, 0.3) is 10.8 Å². The van der Waals surface area contributed by atoms with Gasteiger partial charge in [-0.3, -0.25) is 9.59 Å². The van der Waals surface area contributed by atoms with E-state index in [-0.39, 0.29) is 22.7 Å². The molecule has 1 aliphatic carbocycles. The average molecular weight is 286 g/mol. The summed E-state index contributed by atoms with van der Waals surface area (Å²) in [6.45, 7) is 0.417. The van der Waals surface area contributed by atoms with Gasteiger partial charge in [-0.2, -0.15) is 5.10 Å². The van der Waals surface area contributed by atoms with Gasteiger partial charge in [0.25, 0.3) is 11.5 Å². The maximum atomic E-state index is 12.5. The Morgan fingerprint density at radius 1 is 1.29 bits per heavy atom. The SMILES string of the molecule is NCC1(NC(=O)c2n[nH]c(=O)c3ccccc23)CCCC1. The van der Waals surface area contributed by atoms with Crippen molar-refractivity contribution < 1.29 is 4.79 Å². The van der Waals surface area contributed by atoms with Crippen molar-refractivity contribution in [2.24, 2.45) is 5.73 Å². The molecule has 1 saturated carbocycles. The molecule has 0 spiro atoms. The van der Waals surface area contributed by atoms with Crippen molar-refractivity contribution in [1.29, 1.82) is 0 Å². The first-order chi connectivity index (χ1) is 10.2. The largest absolute Gasteiger partial charge is 0.344 e. The summed E-state index contributed by atoms with van der Waals surface area (Å²) in [7, 11) is 0. The molecule has 1 aromatic carbocycles. The molecule has 2 aromatic rings. The predicted octanol–water partition coefficient (Wildman–Crippen LogP) is 0.924. The number of hydrogen-bond donors (Lipinski definition) is 3. The molecule has 3 rings (SSSR count). The Hall–Kier alpha value is -2.21. The van der Waals surface area contributed by atoms with Crippen molar-refractivity contribution in [3.63, 3.8) is 0 Å². The first-order valence-electron chi connectivity index (χ1n) is 7.15. The second-order valence-corrected chi connectivity index (χ2v) is 5.59. The number of benzene rings is 1. The summed E-state index contributed by atoms with van der Waals surface area (Å²) in [5, 5.41) is 10.3. The summed E-state index contributed by atoms with van der Waals surface area (Å²) in [4.78, 5) is 24.3. The van der Waals surface area contributed by atoms with E-state index in [1.165, 1.54) is 0 Å². The summed E-state index contributed by atoms with van der Waals surface area (Å²) in [6.07, 6.45) is 3.90. The van der Waals surface area contributed by atoms with Gasteiger partial charge >= 0.3 is 0 Å². The van der Waals surface area contributed by atoms with Crippen molar-refractivity contribution in [2.45, 2.75) is 31.2 Å². The van der Waals surface area contributed by atoms with Gasteiger partial charge in [0.15, 0.2) is 5.69 Å². The Balaban J connectivity index is 1.99. The van der Waals surface area contributed by atoms with Gasteiger partial charge in [-0.15, -0.1) is 0 Å². The van der Waals surface area contributed by atoms with E-state index < -0.39 is 0 Å². The maximum absolute atomic E-state index is 12.5. The number of aromatic nitrogens is 2. The third-order valence-electron chi connectivity index (χ3n) is 4.24. The molecule has 0 atom stereocenters. The molecule has 1 amide bonds. The monoisotopic (exact) mass is 286 g/mol. The van der Waals surface area contributed by atoms with Gasteiger partial charge in [-0.1, -0.05) is 31.0 Å². The van der Waals surface area contributed by atoms with Crippen LogP contribution in [0.3, 0.4) is 0 Å². The summed E-state index contributed by atoms with van der Waals surface area (Å²) in [5.74, 6) is -0.283. The van der Waals surface area contributed by atoms with E-state index >= 15 is 0 Å². The second kappa shape index (κ2) is 5.29. The van der Waals surface area contributed by atoms with Crippen LogP contribution in [0, 0.1) is 0 Å². The number of aromatic amines is 1. The molecule has 0 saturated heterocycles. The lowest BCUT2D eigenvalue weighted by Crippen LogP contribution is -2.52. The zero-order chi connectivity index (χ0) is 14.9. The van der Waals surface area contributed by atoms with Gasteiger partial charge in [0.1, 0.15) is 0 Å². The molecule has 0 bridgehead atoms. The van der Waals surface area contributed by atoms with E-state index in [1.54, 1.807) is 24.3 Å². The fourth-order valence-electron chi connectivity index (χ4n) is 3.02. The van der Waals surface area contributed by atoms with Crippen LogP contribution in [-0.4, -0.2) is 28.2 Å². The number of fused-ring (bicyclic) bond motifs is 1. The van der Waals surface area contributed by atoms with Gasteiger partial charge in [-0.25, -0.2) is 5.10 Å². The third-order valence-corrected chi connectivity index (χ3v) is 4.24. The topological polar surface area (TPSA) is 101 Å². The van der Waals surface area contributed by atoms with Crippen LogP contribution >= 0.6 is 0 Å². The smallest absolute Gasteiger partial charge is 0.272 e. The highest BCUT2D eigenvalue weighted by Crippen LogP contribution is 2.29. The van der Waals surface area contributed by atoms with Gasteiger partial charge < -0.3 is 11.1 Å². The first-order valence-corrected chi connectivity index (χ1v) is 7.15. The van der Waals surface area contributed by atoms with Crippen LogP contribution in [0.5, 0.6) is 0 Å². The molecule has 4 N–H and O–H groups in total. The quantitative estimate of drug-likeness (QED) is 0.781. The van der Waals surface area contributed by atoms with Gasteiger partial charge in [-0.05, 0) is 18.9 Å².